The van der Waals surface area contributed by atoms with E-state index in [-0.39, 0.29) is 20.5 Å². The van der Waals surface area contributed by atoms with Crippen molar-refractivity contribution in [3.8, 4) is 0 Å². The van der Waals surface area contributed by atoms with Gasteiger partial charge in [0.25, 0.3) is 0 Å². The molecule has 0 spiro atoms. The summed E-state index contributed by atoms with van der Waals surface area (Å²) in [6, 6.07) is 2.75. The van der Waals surface area contributed by atoms with E-state index in [1.54, 1.807) is 22.6 Å². The molecule has 1 aromatic rings. The molecule has 82 valence electrons. The van der Waals surface area contributed by atoms with Crippen LogP contribution in [0.5, 0.6) is 0 Å². The van der Waals surface area contributed by atoms with Gasteiger partial charge in [0.2, 0.25) is 0 Å². The zero-order chi connectivity index (χ0) is 11.8. The van der Waals surface area contributed by atoms with Gasteiger partial charge in [0.15, 0.2) is 5.78 Å². The van der Waals surface area contributed by atoms with E-state index in [1.165, 1.54) is 26.0 Å². The average molecular weight is 328 g/mol. The number of alkyl halides is 3. The van der Waals surface area contributed by atoms with Gasteiger partial charge in [-0.25, -0.2) is 0 Å². The standard InChI is InChI=1S/C10H8F3IO/c1-5-3-4-7(6(2)15)9(14)8(5)10(11,12)13/h3-4H,1-2H3. The predicted molar refractivity (Wildman–Crippen MR) is 58.9 cm³/mol. The van der Waals surface area contributed by atoms with Crippen molar-refractivity contribution in [3.05, 3.63) is 32.4 Å². The average Bonchev–Trinajstić information content (AvgIpc) is 2.00. The third kappa shape index (κ3) is 2.50. The van der Waals surface area contributed by atoms with E-state index < -0.39 is 11.7 Å². The summed E-state index contributed by atoms with van der Waals surface area (Å²) in [5, 5.41) is 0. The van der Waals surface area contributed by atoms with Crippen molar-refractivity contribution >= 4 is 28.4 Å². The molecular formula is C10H8F3IO. The Kier molecular flexibility index (Phi) is 3.42. The van der Waals surface area contributed by atoms with Crippen LogP contribution in [0.1, 0.15) is 28.4 Å². The minimum Gasteiger partial charge on any atom is -0.294 e. The molecule has 0 aliphatic carbocycles. The van der Waals surface area contributed by atoms with Crippen molar-refractivity contribution in [1.29, 1.82) is 0 Å². The second-order valence-corrected chi connectivity index (χ2v) is 4.25. The molecule has 0 fully saturated rings. The minimum absolute atomic E-state index is 0.0207. The fourth-order valence-corrected chi connectivity index (χ4v) is 2.58. The zero-order valence-corrected chi connectivity index (χ0v) is 10.2. The fourth-order valence-electron chi connectivity index (χ4n) is 1.29. The maximum atomic E-state index is 12.6. The highest BCUT2D eigenvalue weighted by Gasteiger charge is 2.35. The number of ketones is 1. The molecule has 0 saturated carbocycles. The van der Waals surface area contributed by atoms with E-state index in [2.05, 4.69) is 0 Å². The minimum atomic E-state index is -4.41. The van der Waals surface area contributed by atoms with Crippen LogP contribution in [0.4, 0.5) is 13.2 Å². The lowest BCUT2D eigenvalue weighted by atomic mass is 10.0. The maximum Gasteiger partial charge on any atom is 0.417 e. The highest BCUT2D eigenvalue weighted by Crippen LogP contribution is 2.36. The SMILES string of the molecule is CC(=O)c1ccc(C)c(C(F)(F)F)c1I. The van der Waals surface area contributed by atoms with Crippen molar-refractivity contribution in [2.24, 2.45) is 0 Å². The number of hydrogen-bond acceptors (Lipinski definition) is 1. The molecule has 1 rings (SSSR count). The highest BCUT2D eigenvalue weighted by atomic mass is 127. The second-order valence-electron chi connectivity index (χ2n) is 3.17. The van der Waals surface area contributed by atoms with E-state index in [9.17, 15) is 18.0 Å². The Hall–Kier alpha value is -0.590. The highest BCUT2D eigenvalue weighted by molar-refractivity contribution is 14.1. The molecule has 0 heterocycles. The van der Waals surface area contributed by atoms with Crippen LogP contribution in [0.25, 0.3) is 0 Å². The number of hydrogen-bond donors (Lipinski definition) is 0. The third-order valence-corrected chi connectivity index (χ3v) is 3.13. The maximum absolute atomic E-state index is 12.6. The van der Waals surface area contributed by atoms with Crippen LogP contribution in [0, 0.1) is 10.5 Å². The summed E-state index contributed by atoms with van der Waals surface area (Å²) >= 11 is 1.57. The van der Waals surface area contributed by atoms with Gasteiger partial charge in [0.05, 0.1) is 5.56 Å². The summed E-state index contributed by atoms with van der Waals surface area (Å²) in [6.07, 6.45) is -4.41. The molecule has 5 heteroatoms. The van der Waals surface area contributed by atoms with Crippen LogP contribution in [-0.4, -0.2) is 5.78 Å². The molecule has 0 radical (unpaired) electrons. The van der Waals surface area contributed by atoms with E-state index in [1.807, 2.05) is 0 Å². The molecule has 0 amide bonds. The Morgan fingerprint density at radius 3 is 2.27 bits per heavy atom. The second kappa shape index (κ2) is 4.11. The van der Waals surface area contributed by atoms with Gasteiger partial charge in [0, 0.05) is 9.13 Å². The molecule has 1 aromatic carbocycles. The number of halogens is 4. The molecule has 0 aromatic heterocycles. The van der Waals surface area contributed by atoms with E-state index in [0.29, 0.717) is 0 Å². The van der Waals surface area contributed by atoms with Crippen LogP contribution in [0.3, 0.4) is 0 Å². The largest absolute Gasteiger partial charge is 0.417 e. The Balaban J connectivity index is 3.51. The Morgan fingerprint density at radius 1 is 1.33 bits per heavy atom. The topological polar surface area (TPSA) is 17.1 Å². The van der Waals surface area contributed by atoms with Crippen LogP contribution in [0.2, 0.25) is 0 Å². The smallest absolute Gasteiger partial charge is 0.294 e. The van der Waals surface area contributed by atoms with E-state index in [4.69, 9.17) is 0 Å². The molecule has 1 nitrogen and oxygen atoms in total. The van der Waals surface area contributed by atoms with Gasteiger partial charge in [-0.3, -0.25) is 4.79 Å². The van der Waals surface area contributed by atoms with Gasteiger partial charge < -0.3 is 0 Å². The summed E-state index contributed by atoms with van der Waals surface area (Å²) in [7, 11) is 0. The van der Waals surface area contributed by atoms with Crippen molar-refractivity contribution in [2.45, 2.75) is 20.0 Å². The van der Waals surface area contributed by atoms with Crippen molar-refractivity contribution in [3.63, 3.8) is 0 Å². The van der Waals surface area contributed by atoms with Gasteiger partial charge in [-0.1, -0.05) is 12.1 Å². The molecule has 0 aliphatic rings. The molecule has 0 atom stereocenters. The predicted octanol–water partition coefficient (Wildman–Crippen LogP) is 3.82. The number of aryl methyl sites for hydroxylation is 1. The molecule has 0 N–H and O–H groups in total. The van der Waals surface area contributed by atoms with Crippen molar-refractivity contribution < 1.29 is 18.0 Å². The van der Waals surface area contributed by atoms with Gasteiger partial charge in [0.1, 0.15) is 0 Å². The van der Waals surface area contributed by atoms with E-state index in [0.717, 1.165) is 0 Å². The monoisotopic (exact) mass is 328 g/mol. The van der Waals surface area contributed by atoms with Gasteiger partial charge in [-0.05, 0) is 42.0 Å². The zero-order valence-electron chi connectivity index (χ0n) is 8.07. The third-order valence-electron chi connectivity index (χ3n) is 2.01. The first-order chi connectivity index (χ1) is 6.75. The number of benzene rings is 1. The number of carbonyl (C=O) groups is 1. The van der Waals surface area contributed by atoms with Crippen LogP contribution >= 0.6 is 22.6 Å². The lowest BCUT2D eigenvalue weighted by Gasteiger charge is -2.14. The fraction of sp³-hybridized carbons (Fsp3) is 0.300. The lowest BCUT2D eigenvalue weighted by Crippen LogP contribution is -2.13. The van der Waals surface area contributed by atoms with Crippen molar-refractivity contribution in [2.75, 3.05) is 0 Å². The summed E-state index contributed by atoms with van der Waals surface area (Å²) in [6.45, 7) is 2.64. The quantitative estimate of drug-likeness (QED) is 0.566. The van der Waals surface area contributed by atoms with Crippen LogP contribution in [-0.2, 0) is 6.18 Å². The number of Topliss-reactive ketones (excluding diaryl/α,β-unsaturated/α-hetero) is 1. The first-order valence-corrected chi connectivity index (χ1v) is 5.20. The summed E-state index contributed by atoms with van der Waals surface area (Å²) in [5.41, 5.74) is -0.457. The molecule has 0 aliphatic heterocycles. The molecule has 0 bridgehead atoms. The molecule has 15 heavy (non-hydrogen) atoms. The van der Waals surface area contributed by atoms with E-state index >= 15 is 0 Å². The Labute approximate surface area is 98.8 Å². The van der Waals surface area contributed by atoms with Crippen molar-refractivity contribution in [1.82, 2.24) is 0 Å². The van der Waals surface area contributed by atoms with Crippen LogP contribution in [0.15, 0.2) is 12.1 Å². The lowest BCUT2D eigenvalue weighted by molar-refractivity contribution is -0.138. The number of carbonyl (C=O) groups excluding carboxylic acids is 1. The van der Waals surface area contributed by atoms with Gasteiger partial charge in [-0.15, -0.1) is 0 Å². The first kappa shape index (κ1) is 12.5. The van der Waals surface area contributed by atoms with Crippen LogP contribution < -0.4 is 0 Å². The normalized spacial score (nSPS) is 11.6. The number of rotatable bonds is 1. The molecular weight excluding hydrogens is 320 g/mol. The summed E-state index contributed by atoms with van der Waals surface area (Å²) in [5.74, 6) is -0.357. The summed E-state index contributed by atoms with van der Waals surface area (Å²) < 4.78 is 37.9. The van der Waals surface area contributed by atoms with Gasteiger partial charge in [-0.2, -0.15) is 13.2 Å². The Morgan fingerprint density at radius 2 is 1.87 bits per heavy atom. The molecule has 0 saturated heterocycles. The summed E-state index contributed by atoms with van der Waals surface area (Å²) in [4.78, 5) is 11.1. The molecule has 0 unspecified atom stereocenters. The van der Waals surface area contributed by atoms with Gasteiger partial charge >= 0.3 is 6.18 Å². The first-order valence-electron chi connectivity index (χ1n) is 4.12. The Bertz CT molecular complexity index is 410.